The van der Waals surface area contributed by atoms with Crippen molar-refractivity contribution in [3.8, 4) is 5.75 Å². The highest BCUT2D eigenvalue weighted by Gasteiger charge is 2.47. The van der Waals surface area contributed by atoms with Crippen LogP contribution in [0, 0.1) is 0 Å². The van der Waals surface area contributed by atoms with Gasteiger partial charge in [0.2, 0.25) is 10.0 Å². The summed E-state index contributed by atoms with van der Waals surface area (Å²) in [6, 6.07) is 17.1. The van der Waals surface area contributed by atoms with E-state index in [1.807, 2.05) is 0 Å². The standard InChI is InChI=1S/C24H19ClN2O6S/c1-33-18-10-4-14(5-11-18)21-20(22(28)15-2-6-16(25)7-3-15)23(29)24(30)27(21)17-8-12-19(13-9-17)34(26,31)32/h2-13,21,28H,1H3,(H2,26,31,32). The highest BCUT2D eigenvalue weighted by molar-refractivity contribution is 7.89. The Kier molecular flexibility index (Phi) is 6.18. The molecule has 8 nitrogen and oxygen atoms in total. The summed E-state index contributed by atoms with van der Waals surface area (Å²) in [6.45, 7) is 0. The van der Waals surface area contributed by atoms with Gasteiger partial charge in [-0.3, -0.25) is 14.5 Å². The van der Waals surface area contributed by atoms with Crippen LogP contribution in [0.5, 0.6) is 5.75 Å². The molecule has 3 aromatic carbocycles. The number of nitrogens with two attached hydrogens (primary N) is 1. The summed E-state index contributed by atoms with van der Waals surface area (Å²) in [5.41, 5.74) is 0.981. The van der Waals surface area contributed by atoms with Crippen LogP contribution in [0.25, 0.3) is 5.76 Å². The minimum atomic E-state index is -3.95. The molecule has 1 saturated heterocycles. The highest BCUT2D eigenvalue weighted by atomic mass is 35.5. The zero-order valence-electron chi connectivity index (χ0n) is 17.8. The van der Waals surface area contributed by atoms with Gasteiger partial charge in [-0.1, -0.05) is 23.7 Å². The number of ketones is 1. The summed E-state index contributed by atoms with van der Waals surface area (Å²) in [6.07, 6.45) is 0. The van der Waals surface area contributed by atoms with Crippen LogP contribution in [0.15, 0.2) is 83.3 Å². The molecule has 3 N–H and O–H groups in total. The van der Waals surface area contributed by atoms with Gasteiger partial charge < -0.3 is 9.84 Å². The maximum Gasteiger partial charge on any atom is 0.300 e. The Labute approximate surface area is 200 Å². The Balaban J connectivity index is 1.91. The van der Waals surface area contributed by atoms with Crippen LogP contribution < -0.4 is 14.8 Å². The highest BCUT2D eigenvalue weighted by Crippen LogP contribution is 2.42. The van der Waals surface area contributed by atoms with Crippen molar-refractivity contribution in [1.29, 1.82) is 0 Å². The zero-order chi connectivity index (χ0) is 24.6. The van der Waals surface area contributed by atoms with E-state index in [1.165, 1.54) is 48.4 Å². The second kappa shape index (κ2) is 8.94. The van der Waals surface area contributed by atoms with E-state index in [2.05, 4.69) is 0 Å². The number of Topliss-reactive ketones (excluding diaryl/α,β-unsaturated/α-hetero) is 1. The molecule has 34 heavy (non-hydrogen) atoms. The van der Waals surface area contributed by atoms with Gasteiger partial charge >= 0.3 is 0 Å². The van der Waals surface area contributed by atoms with Crippen molar-refractivity contribution in [3.63, 3.8) is 0 Å². The van der Waals surface area contributed by atoms with E-state index in [9.17, 15) is 23.1 Å². The molecule has 0 aliphatic carbocycles. The molecule has 4 rings (SSSR count). The van der Waals surface area contributed by atoms with Gasteiger partial charge in [-0.2, -0.15) is 0 Å². The Morgan fingerprint density at radius 2 is 1.56 bits per heavy atom. The van der Waals surface area contributed by atoms with Crippen LogP contribution in [0.1, 0.15) is 17.2 Å². The fraction of sp³-hybridized carbons (Fsp3) is 0.0833. The van der Waals surface area contributed by atoms with Crippen molar-refractivity contribution in [3.05, 3.63) is 94.5 Å². The fourth-order valence-electron chi connectivity index (χ4n) is 3.76. The van der Waals surface area contributed by atoms with Crippen molar-refractivity contribution < 1.29 is 27.9 Å². The Morgan fingerprint density at radius 3 is 2.09 bits per heavy atom. The number of carbonyl (C=O) groups is 2. The minimum Gasteiger partial charge on any atom is -0.507 e. The lowest BCUT2D eigenvalue weighted by atomic mass is 9.95. The number of primary sulfonamides is 1. The number of methoxy groups -OCH3 is 1. The maximum atomic E-state index is 13.1. The van der Waals surface area contributed by atoms with Crippen LogP contribution in [0.2, 0.25) is 5.02 Å². The average molecular weight is 499 g/mol. The number of ether oxygens (including phenoxy) is 1. The molecule has 1 aliphatic heterocycles. The zero-order valence-corrected chi connectivity index (χ0v) is 19.4. The first kappa shape index (κ1) is 23.5. The summed E-state index contributed by atoms with van der Waals surface area (Å²) in [7, 11) is -2.44. The first-order valence-electron chi connectivity index (χ1n) is 9.95. The number of hydrogen-bond acceptors (Lipinski definition) is 6. The maximum absolute atomic E-state index is 13.1. The molecular weight excluding hydrogens is 480 g/mol. The molecular formula is C24H19ClN2O6S. The molecule has 1 fully saturated rings. The lowest BCUT2D eigenvalue weighted by Crippen LogP contribution is -2.29. The van der Waals surface area contributed by atoms with Crippen LogP contribution in [0.4, 0.5) is 5.69 Å². The van der Waals surface area contributed by atoms with Gasteiger partial charge in [0.1, 0.15) is 11.5 Å². The Morgan fingerprint density at radius 1 is 0.971 bits per heavy atom. The van der Waals surface area contributed by atoms with Crippen LogP contribution in [0.3, 0.4) is 0 Å². The Bertz CT molecular complexity index is 1400. The van der Waals surface area contributed by atoms with E-state index >= 15 is 0 Å². The summed E-state index contributed by atoms with van der Waals surface area (Å²) >= 11 is 5.94. The topological polar surface area (TPSA) is 127 Å². The van der Waals surface area contributed by atoms with Gasteiger partial charge in [0.25, 0.3) is 11.7 Å². The average Bonchev–Trinajstić information content (AvgIpc) is 3.09. The number of hydrogen-bond donors (Lipinski definition) is 2. The third kappa shape index (κ3) is 4.28. The van der Waals surface area contributed by atoms with Crippen LogP contribution in [-0.2, 0) is 19.6 Å². The first-order chi connectivity index (χ1) is 16.1. The van der Waals surface area contributed by atoms with E-state index in [0.29, 0.717) is 21.9 Å². The molecule has 0 saturated carbocycles. The van der Waals surface area contributed by atoms with Crippen LogP contribution >= 0.6 is 11.6 Å². The van der Waals surface area contributed by atoms with E-state index in [0.717, 1.165) is 0 Å². The number of rotatable bonds is 5. The van der Waals surface area contributed by atoms with Gasteiger partial charge in [0.15, 0.2) is 0 Å². The second-order valence-corrected chi connectivity index (χ2v) is 9.49. The predicted octanol–water partition coefficient (Wildman–Crippen LogP) is 3.62. The molecule has 1 heterocycles. The van der Waals surface area contributed by atoms with Gasteiger partial charge in [0, 0.05) is 16.3 Å². The van der Waals surface area contributed by atoms with Gasteiger partial charge in [0.05, 0.1) is 23.6 Å². The monoisotopic (exact) mass is 498 g/mol. The van der Waals surface area contributed by atoms with Gasteiger partial charge in [-0.25, -0.2) is 13.6 Å². The SMILES string of the molecule is COc1ccc(C2C(=C(O)c3ccc(Cl)cc3)C(=O)C(=O)N2c2ccc(S(N)(=O)=O)cc2)cc1. The Hall–Kier alpha value is -3.66. The molecule has 174 valence electrons. The van der Waals surface area contributed by atoms with Crippen molar-refractivity contribution in [2.24, 2.45) is 5.14 Å². The van der Waals surface area contributed by atoms with Crippen molar-refractivity contribution in [1.82, 2.24) is 0 Å². The van der Waals surface area contributed by atoms with E-state index in [-0.39, 0.29) is 21.9 Å². The summed E-state index contributed by atoms with van der Waals surface area (Å²) in [5, 5.41) is 16.7. The number of sulfonamides is 1. The van der Waals surface area contributed by atoms with E-state index in [4.69, 9.17) is 21.5 Å². The number of halogens is 1. The third-order valence-electron chi connectivity index (χ3n) is 5.44. The molecule has 3 aromatic rings. The number of carbonyl (C=O) groups excluding carboxylic acids is 2. The largest absolute Gasteiger partial charge is 0.507 e. The molecule has 1 aliphatic rings. The van der Waals surface area contributed by atoms with Crippen molar-refractivity contribution in [2.75, 3.05) is 12.0 Å². The van der Waals surface area contributed by atoms with Gasteiger partial charge in [-0.05, 0) is 66.2 Å². The predicted molar refractivity (Wildman–Crippen MR) is 127 cm³/mol. The molecule has 1 unspecified atom stereocenters. The summed E-state index contributed by atoms with van der Waals surface area (Å²) in [5.74, 6) is -1.56. The summed E-state index contributed by atoms with van der Waals surface area (Å²) < 4.78 is 28.5. The van der Waals surface area contributed by atoms with Crippen molar-refractivity contribution in [2.45, 2.75) is 10.9 Å². The fourth-order valence-corrected chi connectivity index (χ4v) is 4.40. The molecule has 0 spiro atoms. The lowest BCUT2D eigenvalue weighted by Gasteiger charge is -2.25. The van der Waals surface area contributed by atoms with Gasteiger partial charge in [-0.15, -0.1) is 0 Å². The normalized spacial score (nSPS) is 17.7. The lowest BCUT2D eigenvalue weighted by molar-refractivity contribution is -0.132. The van der Waals surface area contributed by atoms with Crippen molar-refractivity contribution >= 4 is 44.8 Å². The van der Waals surface area contributed by atoms with Crippen LogP contribution in [-0.4, -0.2) is 32.3 Å². The molecule has 0 radical (unpaired) electrons. The molecule has 1 amide bonds. The number of amides is 1. The number of benzene rings is 3. The third-order valence-corrected chi connectivity index (χ3v) is 6.62. The second-order valence-electron chi connectivity index (χ2n) is 7.49. The minimum absolute atomic E-state index is 0.118. The summed E-state index contributed by atoms with van der Waals surface area (Å²) in [4.78, 5) is 27.3. The quantitative estimate of drug-likeness (QED) is 0.314. The molecule has 10 heteroatoms. The first-order valence-corrected chi connectivity index (χ1v) is 11.9. The number of nitrogens with zero attached hydrogens (tertiary/aromatic N) is 1. The molecule has 1 atom stereocenters. The number of aliphatic hydroxyl groups is 1. The smallest absolute Gasteiger partial charge is 0.300 e. The molecule has 0 bridgehead atoms. The molecule has 0 aromatic heterocycles. The van der Waals surface area contributed by atoms with E-state index < -0.39 is 27.8 Å². The number of anilines is 1. The van der Waals surface area contributed by atoms with E-state index in [1.54, 1.807) is 36.4 Å². The number of aliphatic hydroxyl groups excluding tert-OH is 1.